The number of carbonyl (C=O) groups excluding carboxylic acids is 5. The van der Waals surface area contributed by atoms with Crippen LogP contribution in [0.25, 0.3) is 0 Å². The highest BCUT2D eigenvalue weighted by atomic mass is 16.6. The number of alkyl carbamates (subject to hydrolysis) is 1. The molecule has 0 heterocycles. The molecule has 38 heavy (non-hydrogen) atoms. The third-order valence-corrected chi connectivity index (χ3v) is 4.99. The lowest BCUT2D eigenvalue weighted by Crippen LogP contribution is -2.55. The van der Waals surface area contributed by atoms with Crippen LogP contribution in [-0.2, 0) is 30.3 Å². The van der Waals surface area contributed by atoms with E-state index in [2.05, 4.69) is 21.3 Å². The van der Waals surface area contributed by atoms with Gasteiger partial charge >= 0.3 is 6.09 Å². The van der Waals surface area contributed by atoms with Crippen molar-refractivity contribution in [3.63, 3.8) is 0 Å². The summed E-state index contributed by atoms with van der Waals surface area (Å²) in [5, 5.41) is 10.3. The van der Waals surface area contributed by atoms with Gasteiger partial charge in [-0.3, -0.25) is 24.5 Å². The van der Waals surface area contributed by atoms with Crippen molar-refractivity contribution >= 4 is 29.7 Å². The van der Waals surface area contributed by atoms with E-state index in [1.54, 1.807) is 20.8 Å². The summed E-state index contributed by atoms with van der Waals surface area (Å²) in [6.07, 6.45) is -0.574. The number of imide groups is 1. The lowest BCUT2D eigenvalue weighted by Gasteiger charge is -2.26. The molecule has 0 unspecified atom stereocenters. The highest BCUT2D eigenvalue weighted by Crippen LogP contribution is 2.11. The van der Waals surface area contributed by atoms with E-state index < -0.39 is 47.0 Å². The lowest BCUT2D eigenvalue weighted by atomic mass is 10.0. The van der Waals surface area contributed by atoms with Crippen molar-refractivity contribution < 1.29 is 28.7 Å². The van der Waals surface area contributed by atoms with Gasteiger partial charge in [-0.1, -0.05) is 44.2 Å². The molecule has 1 rings (SSSR count). The van der Waals surface area contributed by atoms with Gasteiger partial charge in [-0.15, -0.1) is 0 Å². The molecule has 0 aliphatic heterocycles. The standard InChI is InChI=1S/C28H44N4O6/c1-18(2)16-20(25(36)31-22(33)14-15-23(34)32-27(3,4)5)29-24(35)21(17-19-12-10-9-11-13-19)30-26(37)38-28(6,7)8/h9-13,18,20-21H,14-17H2,1-8H3,(H,29,35)(H,30,37)(H,32,34)(H,31,33,36)/t20-,21-/m0/s1. The summed E-state index contributed by atoms with van der Waals surface area (Å²) in [4.78, 5) is 63.0. The van der Waals surface area contributed by atoms with Gasteiger partial charge in [-0.25, -0.2) is 4.79 Å². The van der Waals surface area contributed by atoms with Crippen LogP contribution < -0.4 is 21.3 Å². The fourth-order valence-corrected chi connectivity index (χ4v) is 3.48. The second kappa shape index (κ2) is 14.5. The van der Waals surface area contributed by atoms with Gasteiger partial charge in [0.1, 0.15) is 17.7 Å². The molecule has 0 spiro atoms. The Balaban J connectivity index is 2.93. The average Bonchev–Trinajstić information content (AvgIpc) is 2.74. The predicted octanol–water partition coefficient (Wildman–Crippen LogP) is 2.99. The third-order valence-electron chi connectivity index (χ3n) is 4.99. The molecule has 10 nitrogen and oxygen atoms in total. The molecular formula is C28H44N4O6. The zero-order chi connectivity index (χ0) is 29.1. The van der Waals surface area contributed by atoms with Crippen LogP contribution >= 0.6 is 0 Å². The second-order valence-electron chi connectivity index (χ2n) is 11.8. The monoisotopic (exact) mass is 532 g/mol. The second-order valence-corrected chi connectivity index (χ2v) is 11.8. The Hall–Kier alpha value is -3.43. The maximum Gasteiger partial charge on any atom is 0.408 e. The number of hydrogen-bond donors (Lipinski definition) is 4. The third kappa shape index (κ3) is 14.3. The van der Waals surface area contributed by atoms with Gasteiger partial charge < -0.3 is 20.7 Å². The maximum absolute atomic E-state index is 13.3. The Kier molecular flexibility index (Phi) is 12.4. The molecule has 0 saturated heterocycles. The van der Waals surface area contributed by atoms with Crippen molar-refractivity contribution in [2.75, 3.05) is 0 Å². The van der Waals surface area contributed by atoms with Crippen molar-refractivity contribution in [2.45, 2.75) is 104 Å². The zero-order valence-corrected chi connectivity index (χ0v) is 23.9. The molecule has 2 atom stereocenters. The number of benzene rings is 1. The number of amides is 5. The number of rotatable bonds is 11. The van der Waals surface area contributed by atoms with Crippen LogP contribution in [0.3, 0.4) is 0 Å². The molecule has 1 aromatic carbocycles. The maximum atomic E-state index is 13.3. The Morgan fingerprint density at radius 1 is 0.789 bits per heavy atom. The number of nitrogens with one attached hydrogen (secondary N) is 4. The van der Waals surface area contributed by atoms with Gasteiger partial charge in [0.15, 0.2) is 0 Å². The van der Waals surface area contributed by atoms with Gasteiger partial charge in [-0.2, -0.15) is 0 Å². The molecule has 5 amide bonds. The van der Waals surface area contributed by atoms with E-state index in [1.807, 2.05) is 65.0 Å². The highest BCUT2D eigenvalue weighted by molar-refractivity contribution is 6.00. The fraction of sp³-hybridized carbons (Fsp3) is 0.607. The predicted molar refractivity (Wildman–Crippen MR) is 145 cm³/mol. The van der Waals surface area contributed by atoms with E-state index in [0.29, 0.717) is 0 Å². The summed E-state index contributed by atoms with van der Waals surface area (Å²) < 4.78 is 5.32. The van der Waals surface area contributed by atoms with Crippen molar-refractivity contribution in [3.8, 4) is 0 Å². The number of carbonyl (C=O) groups is 5. The Labute approximate surface area is 226 Å². The Morgan fingerprint density at radius 2 is 1.37 bits per heavy atom. The Bertz CT molecular complexity index is 964. The first-order valence-electron chi connectivity index (χ1n) is 12.9. The summed E-state index contributed by atoms with van der Waals surface area (Å²) in [6.45, 7) is 14.4. The largest absolute Gasteiger partial charge is 0.444 e. The van der Waals surface area contributed by atoms with E-state index in [-0.39, 0.29) is 37.5 Å². The van der Waals surface area contributed by atoms with Gasteiger partial charge in [0.2, 0.25) is 23.6 Å². The summed E-state index contributed by atoms with van der Waals surface area (Å²) in [7, 11) is 0. The van der Waals surface area contributed by atoms with Crippen LogP contribution in [0.15, 0.2) is 30.3 Å². The minimum absolute atomic E-state index is 0.0186. The van der Waals surface area contributed by atoms with Gasteiger partial charge in [-0.05, 0) is 59.4 Å². The summed E-state index contributed by atoms with van der Waals surface area (Å²) in [6, 6.07) is 7.08. The van der Waals surface area contributed by atoms with E-state index in [0.717, 1.165) is 5.56 Å². The molecule has 0 aliphatic rings. The molecule has 0 fully saturated rings. The lowest BCUT2D eigenvalue weighted by molar-refractivity contribution is -0.135. The van der Waals surface area contributed by atoms with Crippen LogP contribution in [-0.4, -0.2) is 52.9 Å². The first-order chi connectivity index (χ1) is 17.4. The smallest absolute Gasteiger partial charge is 0.408 e. The van der Waals surface area contributed by atoms with E-state index in [1.165, 1.54) is 0 Å². The molecule has 212 valence electrons. The summed E-state index contributed by atoms with van der Waals surface area (Å²) in [5.74, 6) is -2.16. The normalized spacial score (nSPS) is 13.2. The zero-order valence-electron chi connectivity index (χ0n) is 23.9. The minimum atomic E-state index is -1.02. The van der Waals surface area contributed by atoms with Crippen LogP contribution in [0, 0.1) is 5.92 Å². The van der Waals surface area contributed by atoms with Crippen molar-refractivity contribution in [3.05, 3.63) is 35.9 Å². The summed E-state index contributed by atoms with van der Waals surface area (Å²) >= 11 is 0. The van der Waals surface area contributed by atoms with E-state index in [9.17, 15) is 24.0 Å². The Morgan fingerprint density at radius 3 is 1.89 bits per heavy atom. The molecule has 10 heteroatoms. The summed E-state index contributed by atoms with van der Waals surface area (Å²) in [5.41, 5.74) is -0.390. The molecule has 0 aliphatic carbocycles. The topological polar surface area (TPSA) is 143 Å². The van der Waals surface area contributed by atoms with E-state index >= 15 is 0 Å². The van der Waals surface area contributed by atoms with Crippen molar-refractivity contribution in [1.82, 2.24) is 21.3 Å². The molecular weight excluding hydrogens is 488 g/mol. The van der Waals surface area contributed by atoms with E-state index in [4.69, 9.17) is 4.74 Å². The van der Waals surface area contributed by atoms with Gasteiger partial charge in [0.25, 0.3) is 0 Å². The quantitative estimate of drug-likeness (QED) is 0.345. The van der Waals surface area contributed by atoms with Crippen molar-refractivity contribution in [2.24, 2.45) is 5.92 Å². The van der Waals surface area contributed by atoms with Gasteiger partial charge in [0.05, 0.1) is 0 Å². The first-order valence-corrected chi connectivity index (χ1v) is 12.9. The average molecular weight is 533 g/mol. The molecule has 0 radical (unpaired) electrons. The molecule has 0 bridgehead atoms. The molecule has 0 aromatic heterocycles. The van der Waals surface area contributed by atoms with Crippen LogP contribution in [0.5, 0.6) is 0 Å². The van der Waals surface area contributed by atoms with Gasteiger partial charge in [0, 0.05) is 24.8 Å². The van der Waals surface area contributed by atoms with Crippen molar-refractivity contribution in [1.29, 1.82) is 0 Å². The van der Waals surface area contributed by atoms with Crippen LogP contribution in [0.4, 0.5) is 4.79 Å². The number of hydrogen-bond acceptors (Lipinski definition) is 6. The first kappa shape index (κ1) is 32.6. The fourth-order valence-electron chi connectivity index (χ4n) is 3.48. The molecule has 1 aromatic rings. The van der Waals surface area contributed by atoms with Crippen LogP contribution in [0.2, 0.25) is 0 Å². The minimum Gasteiger partial charge on any atom is -0.444 e. The SMILES string of the molecule is CC(C)C[C@H](NC(=O)[C@H](Cc1ccccc1)NC(=O)OC(C)(C)C)C(=O)NC(=O)CCC(=O)NC(C)(C)C. The highest BCUT2D eigenvalue weighted by Gasteiger charge is 2.30. The molecule has 0 saturated carbocycles. The number of ether oxygens (including phenoxy) is 1. The van der Waals surface area contributed by atoms with Crippen LogP contribution in [0.1, 0.15) is 80.2 Å². The molecule has 4 N–H and O–H groups in total.